The summed E-state index contributed by atoms with van der Waals surface area (Å²) in [6.07, 6.45) is 1.41. The normalized spacial score (nSPS) is 8.50. The second-order valence-corrected chi connectivity index (χ2v) is 1.58. The van der Waals surface area contributed by atoms with Crippen LogP contribution in [0.5, 0.6) is 0 Å². The summed E-state index contributed by atoms with van der Waals surface area (Å²) >= 11 is 0. The van der Waals surface area contributed by atoms with Gasteiger partial charge in [-0.2, -0.15) is 4.99 Å². The van der Waals surface area contributed by atoms with Crippen LogP contribution in [0.1, 0.15) is 0 Å². The van der Waals surface area contributed by atoms with Crippen LogP contribution in [0.25, 0.3) is 0 Å². The molecule has 0 aliphatic rings. The topological polar surface area (TPSA) is 50.7 Å². The van der Waals surface area contributed by atoms with Crippen LogP contribution in [0.15, 0.2) is 4.99 Å². The van der Waals surface area contributed by atoms with E-state index >= 15 is 0 Å². The van der Waals surface area contributed by atoms with Crippen LogP contribution in [-0.2, 0) is 9.53 Å². The fourth-order valence-electron chi connectivity index (χ4n) is 0.383. The Balaban J connectivity index is 2.83. The van der Waals surface area contributed by atoms with Crippen LogP contribution < -0.4 is 5.32 Å². The predicted octanol–water partition coefficient (Wildman–Crippen LogP) is -0.447. The highest BCUT2D eigenvalue weighted by atomic mass is 16.5. The van der Waals surface area contributed by atoms with Crippen LogP contribution >= 0.6 is 0 Å². The largest absolute Gasteiger partial charge is 0.375 e. The first-order valence-corrected chi connectivity index (χ1v) is 3.01. The third-order valence-corrected chi connectivity index (χ3v) is 0.744. The lowest BCUT2D eigenvalue weighted by atomic mass is 9.85. The molecule has 0 saturated heterocycles. The van der Waals surface area contributed by atoms with Gasteiger partial charge in [-0.05, 0) is 0 Å². The molecule has 0 aliphatic heterocycles. The molecule has 5 heteroatoms. The zero-order valence-electron chi connectivity index (χ0n) is 5.96. The third-order valence-electron chi connectivity index (χ3n) is 0.744. The van der Waals surface area contributed by atoms with E-state index in [0.717, 1.165) is 0 Å². The average Bonchev–Trinajstić information content (AvgIpc) is 1.97. The van der Waals surface area contributed by atoms with Crippen molar-refractivity contribution in [1.82, 2.24) is 5.32 Å². The maximum atomic E-state index is 9.52. The van der Waals surface area contributed by atoms with E-state index in [9.17, 15) is 4.79 Å². The average molecular weight is 141 g/mol. The molecule has 0 bridgehead atoms. The molecule has 1 radical (unpaired) electrons. The van der Waals surface area contributed by atoms with Crippen molar-refractivity contribution in [3.8, 4) is 0 Å². The molecule has 0 atom stereocenters. The van der Waals surface area contributed by atoms with Crippen molar-refractivity contribution in [2.24, 2.45) is 4.99 Å². The lowest BCUT2D eigenvalue weighted by Crippen LogP contribution is -2.19. The number of hydrogen-bond acceptors (Lipinski definition) is 4. The quantitative estimate of drug-likeness (QED) is 0.179. The molecule has 0 amide bonds. The first-order valence-electron chi connectivity index (χ1n) is 3.01. The van der Waals surface area contributed by atoms with Crippen molar-refractivity contribution in [3.63, 3.8) is 0 Å². The number of nitrogens with one attached hydrogen (secondary N) is 1. The molecule has 0 aromatic heterocycles. The molecular formula is C5H10BN2O2. The van der Waals surface area contributed by atoms with E-state index in [0.29, 0.717) is 13.2 Å². The lowest BCUT2D eigenvalue weighted by molar-refractivity contribution is 0.157. The zero-order valence-corrected chi connectivity index (χ0v) is 5.96. The Bertz CT molecular complexity index is 114. The Labute approximate surface area is 60.9 Å². The molecule has 4 nitrogen and oxygen atoms in total. The Kier molecular flexibility index (Phi) is 7.83. The molecule has 0 spiro atoms. The number of aliphatic imine (C=N–C) groups is 1. The molecule has 0 rings (SSSR count). The van der Waals surface area contributed by atoms with Gasteiger partial charge in [0.05, 0.1) is 6.73 Å². The fraction of sp³-hybridized carbons (Fsp3) is 0.800. The minimum Gasteiger partial charge on any atom is -0.375 e. The van der Waals surface area contributed by atoms with Crippen molar-refractivity contribution < 1.29 is 9.53 Å². The third kappa shape index (κ3) is 7.36. The van der Waals surface area contributed by atoms with Crippen molar-refractivity contribution >= 4 is 13.4 Å². The SMILES string of the molecule is C[B]COCNCN=C=O. The summed E-state index contributed by atoms with van der Waals surface area (Å²) in [5.41, 5.74) is 0. The van der Waals surface area contributed by atoms with Crippen LogP contribution in [0.3, 0.4) is 0 Å². The number of ether oxygens (including phenoxy) is 1. The van der Waals surface area contributed by atoms with Gasteiger partial charge in [0.15, 0.2) is 0 Å². The van der Waals surface area contributed by atoms with Gasteiger partial charge in [-0.15, -0.1) is 0 Å². The second kappa shape index (κ2) is 8.36. The summed E-state index contributed by atoms with van der Waals surface area (Å²) in [7, 11) is 1.89. The molecule has 0 saturated carbocycles. The van der Waals surface area contributed by atoms with E-state index in [1.54, 1.807) is 0 Å². The molecule has 0 aromatic rings. The van der Waals surface area contributed by atoms with Gasteiger partial charge in [0, 0.05) is 6.51 Å². The number of isocyanates is 1. The van der Waals surface area contributed by atoms with Crippen LogP contribution in [0.2, 0.25) is 6.82 Å². The zero-order chi connectivity index (χ0) is 7.66. The molecule has 55 valence electrons. The Morgan fingerprint density at radius 1 is 1.80 bits per heavy atom. The van der Waals surface area contributed by atoms with Gasteiger partial charge in [0.1, 0.15) is 13.9 Å². The molecule has 0 unspecified atom stereocenters. The second-order valence-electron chi connectivity index (χ2n) is 1.58. The van der Waals surface area contributed by atoms with Gasteiger partial charge in [-0.3, -0.25) is 5.32 Å². The maximum Gasteiger partial charge on any atom is 0.236 e. The summed E-state index contributed by atoms with van der Waals surface area (Å²) in [6.45, 7) is 3.20. The highest BCUT2D eigenvalue weighted by Gasteiger charge is 1.83. The van der Waals surface area contributed by atoms with Gasteiger partial charge in [0.25, 0.3) is 0 Å². The first-order chi connectivity index (χ1) is 4.91. The molecule has 1 N–H and O–H groups in total. The summed E-state index contributed by atoms with van der Waals surface area (Å²) in [5, 5.41) is 2.75. The number of carbonyl (C=O) groups excluding carboxylic acids is 1. The molecule has 0 fully saturated rings. The standard InChI is InChI=1S/C5H10BN2O2/c1-6-2-10-5-8-3-7-4-9/h8H,2-3,5H2,1H3. The lowest BCUT2D eigenvalue weighted by Gasteiger charge is -1.99. The maximum absolute atomic E-state index is 9.52. The van der Waals surface area contributed by atoms with E-state index in [-0.39, 0.29) is 6.67 Å². The molecular weight excluding hydrogens is 131 g/mol. The predicted molar refractivity (Wildman–Crippen MR) is 38.6 cm³/mol. The molecule has 10 heavy (non-hydrogen) atoms. The van der Waals surface area contributed by atoms with E-state index in [1.165, 1.54) is 6.08 Å². The van der Waals surface area contributed by atoms with Crippen molar-refractivity contribution in [1.29, 1.82) is 0 Å². The minimum absolute atomic E-state index is 0.271. The monoisotopic (exact) mass is 141 g/mol. The molecule has 0 heterocycles. The highest BCUT2D eigenvalue weighted by Crippen LogP contribution is 1.67. The molecule has 0 aliphatic carbocycles. The highest BCUT2D eigenvalue weighted by molar-refractivity contribution is 6.33. The van der Waals surface area contributed by atoms with E-state index in [4.69, 9.17) is 4.74 Å². The van der Waals surface area contributed by atoms with Gasteiger partial charge >= 0.3 is 0 Å². The van der Waals surface area contributed by atoms with E-state index < -0.39 is 0 Å². The van der Waals surface area contributed by atoms with Crippen LogP contribution in [0, 0.1) is 0 Å². The smallest absolute Gasteiger partial charge is 0.236 e. The van der Waals surface area contributed by atoms with Crippen molar-refractivity contribution in [2.45, 2.75) is 6.82 Å². The minimum atomic E-state index is 0.271. The summed E-state index contributed by atoms with van der Waals surface area (Å²) < 4.78 is 4.97. The van der Waals surface area contributed by atoms with Crippen molar-refractivity contribution in [3.05, 3.63) is 0 Å². The number of rotatable bonds is 6. The van der Waals surface area contributed by atoms with E-state index in [1.807, 2.05) is 14.1 Å². The molecule has 0 aromatic carbocycles. The summed E-state index contributed by atoms with van der Waals surface area (Å²) in [6, 6.07) is 0. The number of hydrogen-bond donors (Lipinski definition) is 1. The van der Waals surface area contributed by atoms with Crippen LogP contribution in [-0.4, -0.2) is 33.3 Å². The van der Waals surface area contributed by atoms with Crippen molar-refractivity contribution in [2.75, 3.05) is 19.9 Å². The summed E-state index contributed by atoms with van der Waals surface area (Å²) in [5.74, 6) is 0. The van der Waals surface area contributed by atoms with Crippen LogP contribution in [0.4, 0.5) is 0 Å². The van der Waals surface area contributed by atoms with Gasteiger partial charge in [-0.25, -0.2) is 4.79 Å². The van der Waals surface area contributed by atoms with Gasteiger partial charge in [0.2, 0.25) is 6.08 Å². The summed E-state index contributed by atoms with van der Waals surface area (Å²) in [4.78, 5) is 12.8. The Morgan fingerprint density at radius 3 is 3.20 bits per heavy atom. The Hall–Kier alpha value is -0.635. The fourth-order valence-corrected chi connectivity index (χ4v) is 0.383. The van der Waals surface area contributed by atoms with Gasteiger partial charge < -0.3 is 4.74 Å². The number of nitrogens with zero attached hydrogens (tertiary/aromatic N) is 1. The van der Waals surface area contributed by atoms with Gasteiger partial charge in [-0.1, -0.05) is 6.82 Å². The van der Waals surface area contributed by atoms with E-state index in [2.05, 4.69) is 10.3 Å². The Morgan fingerprint density at radius 2 is 2.60 bits per heavy atom. The first kappa shape index (κ1) is 9.36.